The Morgan fingerprint density at radius 3 is 2.89 bits per heavy atom. The largest absolute Gasteiger partial charge is 0.465 e. The van der Waals surface area contributed by atoms with E-state index < -0.39 is 4.92 Å². The lowest BCUT2D eigenvalue weighted by molar-refractivity contribution is -0.385. The normalized spacial score (nSPS) is 10.1. The van der Waals surface area contributed by atoms with Crippen LogP contribution >= 0.6 is 11.6 Å². The number of nitrogens with one attached hydrogen (secondary N) is 1. The predicted molar refractivity (Wildman–Crippen MR) is 66.4 cm³/mol. The van der Waals surface area contributed by atoms with Gasteiger partial charge in [-0.15, -0.1) is 0 Å². The third-order valence-corrected chi connectivity index (χ3v) is 2.53. The molecular weight excluding hydrogens is 260 g/mol. The number of nitro benzene ring substituents is 1. The average Bonchev–Trinajstić information content (AvgIpc) is 2.29. The van der Waals surface area contributed by atoms with E-state index >= 15 is 0 Å². The topological polar surface area (TPSA) is 81.5 Å². The fourth-order valence-electron chi connectivity index (χ4n) is 1.37. The zero-order chi connectivity index (χ0) is 13.5. The highest BCUT2D eigenvalue weighted by molar-refractivity contribution is 6.31. The van der Waals surface area contributed by atoms with Crippen LogP contribution in [-0.4, -0.2) is 24.0 Å². The summed E-state index contributed by atoms with van der Waals surface area (Å²) < 4.78 is 4.72. The average molecular weight is 273 g/mol. The van der Waals surface area contributed by atoms with Crippen molar-refractivity contribution in [1.29, 1.82) is 0 Å². The van der Waals surface area contributed by atoms with Crippen LogP contribution in [0.1, 0.15) is 12.5 Å². The molecule has 0 bridgehead atoms. The van der Waals surface area contributed by atoms with Crippen molar-refractivity contribution in [2.45, 2.75) is 13.5 Å². The molecule has 1 rings (SSSR count). The summed E-state index contributed by atoms with van der Waals surface area (Å²) in [4.78, 5) is 20.8. The summed E-state index contributed by atoms with van der Waals surface area (Å²) in [5, 5.41) is 14.1. The van der Waals surface area contributed by atoms with E-state index in [9.17, 15) is 14.9 Å². The van der Waals surface area contributed by atoms with Gasteiger partial charge in [-0.1, -0.05) is 17.7 Å². The molecule has 0 spiro atoms. The van der Waals surface area contributed by atoms with E-state index in [1.54, 1.807) is 6.07 Å². The number of nitro groups is 1. The maximum Gasteiger partial charge on any atom is 0.302 e. The zero-order valence-corrected chi connectivity index (χ0v) is 10.6. The summed E-state index contributed by atoms with van der Waals surface area (Å²) in [6.07, 6.45) is 0. The minimum Gasteiger partial charge on any atom is -0.465 e. The number of hydrogen-bond donors (Lipinski definition) is 1. The van der Waals surface area contributed by atoms with Gasteiger partial charge in [0.25, 0.3) is 5.69 Å². The van der Waals surface area contributed by atoms with Crippen LogP contribution in [0, 0.1) is 10.1 Å². The Morgan fingerprint density at radius 1 is 1.56 bits per heavy atom. The monoisotopic (exact) mass is 272 g/mol. The quantitative estimate of drug-likeness (QED) is 0.370. The molecule has 18 heavy (non-hydrogen) atoms. The molecule has 0 fully saturated rings. The Hall–Kier alpha value is -1.66. The van der Waals surface area contributed by atoms with Gasteiger partial charge in [0.1, 0.15) is 6.61 Å². The second-order valence-electron chi connectivity index (χ2n) is 3.51. The van der Waals surface area contributed by atoms with Crippen molar-refractivity contribution >= 4 is 23.3 Å². The van der Waals surface area contributed by atoms with Crippen LogP contribution in [0.4, 0.5) is 5.69 Å². The predicted octanol–water partition coefficient (Wildman–Crippen LogP) is 1.90. The molecule has 7 heteroatoms. The standard InChI is InChI=1S/C11H13ClN2O4/c1-8(15)18-6-5-13-7-9-10(12)3-2-4-11(9)14(16)17/h2-4,13H,5-7H2,1H3. The van der Waals surface area contributed by atoms with E-state index in [-0.39, 0.29) is 24.8 Å². The molecule has 0 saturated heterocycles. The number of halogens is 1. The molecule has 1 aromatic rings. The van der Waals surface area contributed by atoms with Crippen LogP contribution in [0.5, 0.6) is 0 Å². The number of carbonyl (C=O) groups is 1. The van der Waals surface area contributed by atoms with Crippen LogP contribution in [0.25, 0.3) is 0 Å². The highest BCUT2D eigenvalue weighted by Crippen LogP contribution is 2.25. The molecule has 0 aliphatic rings. The van der Waals surface area contributed by atoms with Gasteiger partial charge in [0.15, 0.2) is 0 Å². The lowest BCUT2D eigenvalue weighted by Gasteiger charge is -2.07. The van der Waals surface area contributed by atoms with Crippen LogP contribution in [0.15, 0.2) is 18.2 Å². The Morgan fingerprint density at radius 2 is 2.28 bits per heavy atom. The Kier molecular flexibility index (Phi) is 5.54. The summed E-state index contributed by atoms with van der Waals surface area (Å²) >= 11 is 5.91. The molecule has 0 radical (unpaired) electrons. The van der Waals surface area contributed by atoms with Crippen LogP contribution < -0.4 is 5.32 Å². The number of nitrogens with zero attached hydrogens (tertiary/aromatic N) is 1. The van der Waals surface area contributed by atoms with E-state index in [4.69, 9.17) is 16.3 Å². The maximum atomic E-state index is 10.8. The number of esters is 1. The smallest absolute Gasteiger partial charge is 0.302 e. The van der Waals surface area contributed by atoms with Crippen molar-refractivity contribution < 1.29 is 14.5 Å². The molecule has 1 aromatic carbocycles. The highest BCUT2D eigenvalue weighted by Gasteiger charge is 2.15. The number of hydrogen-bond acceptors (Lipinski definition) is 5. The van der Waals surface area contributed by atoms with Crippen molar-refractivity contribution in [2.24, 2.45) is 0 Å². The van der Waals surface area contributed by atoms with Gasteiger partial charge >= 0.3 is 5.97 Å². The van der Waals surface area contributed by atoms with Crippen LogP contribution in [-0.2, 0) is 16.1 Å². The van der Waals surface area contributed by atoms with Crippen molar-refractivity contribution in [3.63, 3.8) is 0 Å². The van der Waals surface area contributed by atoms with Crippen molar-refractivity contribution in [3.8, 4) is 0 Å². The lowest BCUT2D eigenvalue weighted by Crippen LogP contribution is -2.21. The van der Waals surface area contributed by atoms with E-state index in [2.05, 4.69) is 5.32 Å². The summed E-state index contributed by atoms with van der Waals surface area (Å²) in [6.45, 7) is 2.19. The van der Waals surface area contributed by atoms with E-state index in [0.717, 1.165) is 0 Å². The number of carbonyl (C=O) groups excluding carboxylic acids is 1. The first-order valence-corrected chi connectivity index (χ1v) is 5.66. The van der Waals surface area contributed by atoms with E-state index in [1.165, 1.54) is 19.1 Å². The Labute approximate surface area is 109 Å². The van der Waals surface area contributed by atoms with Gasteiger partial charge < -0.3 is 10.1 Å². The summed E-state index contributed by atoms with van der Waals surface area (Å²) in [5.74, 6) is -0.361. The van der Waals surface area contributed by atoms with Gasteiger partial charge in [0.05, 0.1) is 15.5 Å². The lowest BCUT2D eigenvalue weighted by atomic mass is 10.2. The second-order valence-corrected chi connectivity index (χ2v) is 3.92. The van der Waals surface area contributed by atoms with Crippen LogP contribution in [0.2, 0.25) is 5.02 Å². The molecule has 0 aliphatic heterocycles. The molecular formula is C11H13ClN2O4. The van der Waals surface area contributed by atoms with Gasteiger partial charge in [0.2, 0.25) is 0 Å². The minimum atomic E-state index is -0.477. The number of ether oxygens (including phenoxy) is 1. The molecule has 0 aromatic heterocycles. The van der Waals surface area contributed by atoms with E-state index in [0.29, 0.717) is 17.1 Å². The molecule has 6 nitrogen and oxygen atoms in total. The van der Waals surface area contributed by atoms with Gasteiger partial charge in [-0.25, -0.2) is 0 Å². The van der Waals surface area contributed by atoms with Crippen LogP contribution in [0.3, 0.4) is 0 Å². The maximum absolute atomic E-state index is 10.8. The van der Waals surface area contributed by atoms with E-state index in [1.807, 2.05) is 0 Å². The van der Waals surface area contributed by atoms with Gasteiger partial charge in [-0.3, -0.25) is 14.9 Å². The van der Waals surface area contributed by atoms with Gasteiger partial charge in [-0.2, -0.15) is 0 Å². The molecule has 0 unspecified atom stereocenters. The molecule has 0 aliphatic carbocycles. The third-order valence-electron chi connectivity index (χ3n) is 2.18. The Balaban J connectivity index is 2.56. The first-order chi connectivity index (χ1) is 8.52. The van der Waals surface area contributed by atoms with Gasteiger partial charge in [0, 0.05) is 26.1 Å². The Bertz CT molecular complexity index is 451. The molecule has 0 atom stereocenters. The summed E-state index contributed by atoms with van der Waals surface area (Å²) in [5.41, 5.74) is 0.398. The summed E-state index contributed by atoms with van der Waals surface area (Å²) in [6, 6.07) is 4.52. The van der Waals surface area contributed by atoms with Gasteiger partial charge in [-0.05, 0) is 6.07 Å². The van der Waals surface area contributed by atoms with Crippen molar-refractivity contribution in [2.75, 3.05) is 13.2 Å². The molecule has 0 amide bonds. The molecule has 0 saturated carbocycles. The molecule has 98 valence electrons. The highest BCUT2D eigenvalue weighted by atomic mass is 35.5. The van der Waals surface area contributed by atoms with Crippen molar-refractivity contribution in [3.05, 3.63) is 38.9 Å². The molecule has 0 heterocycles. The zero-order valence-electron chi connectivity index (χ0n) is 9.81. The van der Waals surface area contributed by atoms with Crippen molar-refractivity contribution in [1.82, 2.24) is 5.32 Å². The summed E-state index contributed by atoms with van der Waals surface area (Å²) in [7, 11) is 0. The molecule has 1 N–H and O–H groups in total. The minimum absolute atomic E-state index is 0.0255. The number of rotatable bonds is 6. The first-order valence-electron chi connectivity index (χ1n) is 5.28. The fourth-order valence-corrected chi connectivity index (χ4v) is 1.61. The first kappa shape index (κ1) is 14.4. The number of benzene rings is 1. The SMILES string of the molecule is CC(=O)OCCNCc1c(Cl)cccc1[N+](=O)[O-]. The second kappa shape index (κ2) is 6.93. The fraction of sp³-hybridized carbons (Fsp3) is 0.364. The third kappa shape index (κ3) is 4.31.